The van der Waals surface area contributed by atoms with Crippen molar-refractivity contribution >= 4 is 5.91 Å². The second-order valence-electron chi connectivity index (χ2n) is 7.01. The number of amides is 1. The van der Waals surface area contributed by atoms with Gasteiger partial charge in [-0.05, 0) is 24.5 Å². The molecule has 0 aliphatic carbocycles. The molecule has 1 N–H and O–H groups in total. The number of aliphatic hydroxyl groups excluding tert-OH is 1. The molecule has 2 atom stereocenters. The Balaban J connectivity index is 1.57. The third-order valence-corrected chi connectivity index (χ3v) is 5.04. The number of nitrogens with zero attached hydrogens (tertiary/aromatic N) is 2. The van der Waals surface area contributed by atoms with E-state index in [2.05, 4.69) is 0 Å². The molecule has 2 aliphatic rings. The highest BCUT2D eigenvalue weighted by atomic mass is 19.4. The molecular formula is C18H23F3N2O2. The molecule has 7 heteroatoms. The summed E-state index contributed by atoms with van der Waals surface area (Å²) in [5.74, 6) is -0.0821. The Bertz CT molecular complexity index is 615. The zero-order valence-electron chi connectivity index (χ0n) is 14.0. The maximum atomic E-state index is 12.8. The summed E-state index contributed by atoms with van der Waals surface area (Å²) in [4.78, 5) is 16.0. The zero-order valence-corrected chi connectivity index (χ0v) is 14.0. The van der Waals surface area contributed by atoms with E-state index in [0.717, 1.165) is 38.1 Å². The lowest BCUT2D eigenvalue weighted by Gasteiger charge is -2.19. The number of alkyl halides is 3. The van der Waals surface area contributed by atoms with Crippen LogP contribution in [0.4, 0.5) is 13.2 Å². The predicted octanol–water partition coefficient (Wildman–Crippen LogP) is 2.51. The molecule has 0 saturated carbocycles. The Morgan fingerprint density at radius 1 is 1.20 bits per heavy atom. The summed E-state index contributed by atoms with van der Waals surface area (Å²) < 4.78 is 38.4. The van der Waals surface area contributed by atoms with Gasteiger partial charge in [-0.2, -0.15) is 13.2 Å². The van der Waals surface area contributed by atoms with E-state index in [1.807, 2.05) is 9.80 Å². The van der Waals surface area contributed by atoms with Gasteiger partial charge < -0.3 is 10.0 Å². The van der Waals surface area contributed by atoms with Crippen LogP contribution in [0.3, 0.4) is 0 Å². The van der Waals surface area contributed by atoms with Crippen LogP contribution >= 0.6 is 0 Å². The first-order chi connectivity index (χ1) is 11.8. The molecule has 0 radical (unpaired) electrons. The second-order valence-corrected chi connectivity index (χ2v) is 7.01. The van der Waals surface area contributed by atoms with Gasteiger partial charge in [-0.15, -0.1) is 0 Å². The number of carbonyl (C=O) groups is 1. The fourth-order valence-corrected chi connectivity index (χ4v) is 3.70. The molecule has 25 heavy (non-hydrogen) atoms. The second kappa shape index (κ2) is 7.33. The maximum absolute atomic E-state index is 12.8. The number of hydrogen-bond acceptors (Lipinski definition) is 3. The molecular weight excluding hydrogens is 333 g/mol. The van der Waals surface area contributed by atoms with E-state index in [1.165, 1.54) is 6.07 Å². The third-order valence-electron chi connectivity index (χ3n) is 5.04. The number of halogens is 3. The molecule has 1 amide bonds. The molecule has 0 aromatic heterocycles. The molecule has 4 nitrogen and oxygen atoms in total. The summed E-state index contributed by atoms with van der Waals surface area (Å²) in [6.45, 7) is 2.83. The van der Waals surface area contributed by atoms with Gasteiger partial charge in [-0.1, -0.05) is 18.2 Å². The number of aliphatic hydroxyl groups is 1. The highest BCUT2D eigenvalue weighted by Crippen LogP contribution is 2.30. The van der Waals surface area contributed by atoms with Gasteiger partial charge in [0.25, 0.3) is 0 Å². The van der Waals surface area contributed by atoms with Crippen molar-refractivity contribution < 1.29 is 23.1 Å². The number of likely N-dealkylation sites (tertiary alicyclic amines) is 2. The van der Waals surface area contributed by atoms with Crippen molar-refractivity contribution in [2.45, 2.75) is 38.1 Å². The van der Waals surface area contributed by atoms with E-state index >= 15 is 0 Å². The molecule has 1 aromatic carbocycles. The van der Waals surface area contributed by atoms with E-state index < -0.39 is 17.8 Å². The molecule has 1 aromatic rings. The van der Waals surface area contributed by atoms with E-state index in [9.17, 15) is 23.1 Å². The largest absolute Gasteiger partial charge is 0.416 e. The Morgan fingerprint density at radius 3 is 2.60 bits per heavy atom. The lowest BCUT2D eigenvalue weighted by Crippen LogP contribution is -2.32. The SMILES string of the molecule is O=C(C[C@H]1CN(Cc2cccc(C(F)(F)F)c2)C[C@@H]1O)N1CCCC1. The first-order valence-corrected chi connectivity index (χ1v) is 8.67. The summed E-state index contributed by atoms with van der Waals surface area (Å²) >= 11 is 0. The van der Waals surface area contributed by atoms with Crippen LogP contribution in [-0.4, -0.2) is 53.1 Å². The topological polar surface area (TPSA) is 43.8 Å². The molecule has 2 saturated heterocycles. The number of hydrogen-bond donors (Lipinski definition) is 1. The minimum Gasteiger partial charge on any atom is -0.391 e. The van der Waals surface area contributed by atoms with Gasteiger partial charge in [0.15, 0.2) is 0 Å². The smallest absolute Gasteiger partial charge is 0.391 e. The highest BCUT2D eigenvalue weighted by molar-refractivity contribution is 5.76. The Labute approximate surface area is 145 Å². The van der Waals surface area contributed by atoms with Gasteiger partial charge in [0.1, 0.15) is 0 Å². The number of benzene rings is 1. The van der Waals surface area contributed by atoms with Gasteiger partial charge in [0.2, 0.25) is 5.91 Å². The van der Waals surface area contributed by atoms with Crippen LogP contribution < -0.4 is 0 Å². The summed E-state index contributed by atoms with van der Waals surface area (Å²) in [7, 11) is 0. The van der Waals surface area contributed by atoms with Gasteiger partial charge in [-0.25, -0.2) is 0 Å². The van der Waals surface area contributed by atoms with Gasteiger partial charge in [0, 0.05) is 45.1 Å². The minimum atomic E-state index is -4.36. The summed E-state index contributed by atoms with van der Waals surface area (Å²) in [5, 5.41) is 10.2. The lowest BCUT2D eigenvalue weighted by atomic mass is 10.0. The lowest BCUT2D eigenvalue weighted by molar-refractivity contribution is -0.137. The van der Waals surface area contributed by atoms with Crippen LogP contribution in [0, 0.1) is 5.92 Å². The van der Waals surface area contributed by atoms with E-state index in [0.29, 0.717) is 31.6 Å². The molecule has 2 aliphatic heterocycles. The zero-order chi connectivity index (χ0) is 18.0. The summed E-state index contributed by atoms with van der Waals surface area (Å²) in [5.41, 5.74) is -0.0981. The Hall–Kier alpha value is -1.60. The first kappa shape index (κ1) is 18.2. The van der Waals surface area contributed by atoms with Crippen LogP contribution in [0.5, 0.6) is 0 Å². The predicted molar refractivity (Wildman–Crippen MR) is 86.6 cm³/mol. The van der Waals surface area contributed by atoms with E-state index in [1.54, 1.807) is 6.07 Å². The van der Waals surface area contributed by atoms with Crippen LogP contribution in [-0.2, 0) is 17.5 Å². The van der Waals surface area contributed by atoms with Crippen molar-refractivity contribution in [3.05, 3.63) is 35.4 Å². The van der Waals surface area contributed by atoms with Crippen molar-refractivity contribution in [2.24, 2.45) is 5.92 Å². The van der Waals surface area contributed by atoms with Gasteiger partial charge >= 0.3 is 6.18 Å². The third kappa shape index (κ3) is 4.52. The fourth-order valence-electron chi connectivity index (χ4n) is 3.70. The Kier molecular flexibility index (Phi) is 5.34. The summed E-state index contributed by atoms with van der Waals surface area (Å²) in [6, 6.07) is 5.26. The molecule has 0 unspecified atom stereocenters. The number of carbonyl (C=O) groups excluding carboxylic acids is 1. The average Bonchev–Trinajstić information content (AvgIpc) is 3.17. The highest BCUT2D eigenvalue weighted by Gasteiger charge is 2.35. The van der Waals surface area contributed by atoms with Crippen molar-refractivity contribution in [3.63, 3.8) is 0 Å². The molecule has 138 valence electrons. The first-order valence-electron chi connectivity index (χ1n) is 8.67. The van der Waals surface area contributed by atoms with Crippen molar-refractivity contribution in [1.82, 2.24) is 9.80 Å². The number of rotatable bonds is 4. The van der Waals surface area contributed by atoms with Crippen LogP contribution in [0.25, 0.3) is 0 Å². The standard InChI is InChI=1S/C18H23F3N2O2/c19-18(20,21)15-5-3-4-13(8-15)10-22-11-14(16(24)12-22)9-17(25)23-6-1-2-7-23/h3-5,8,14,16,24H,1-2,6-7,9-12H2/t14-,16-/m0/s1. The molecule has 0 bridgehead atoms. The molecule has 2 fully saturated rings. The quantitative estimate of drug-likeness (QED) is 0.902. The number of β-amino-alcohol motifs (C(OH)–C–C–N with tert-alkyl or cyclic N) is 1. The van der Waals surface area contributed by atoms with E-state index in [4.69, 9.17) is 0 Å². The summed E-state index contributed by atoms with van der Waals surface area (Å²) in [6.07, 6.45) is -2.61. The van der Waals surface area contributed by atoms with Crippen molar-refractivity contribution in [1.29, 1.82) is 0 Å². The normalized spacial score (nSPS) is 24.9. The Morgan fingerprint density at radius 2 is 1.92 bits per heavy atom. The van der Waals surface area contributed by atoms with Crippen molar-refractivity contribution in [2.75, 3.05) is 26.2 Å². The average molecular weight is 356 g/mol. The van der Waals surface area contributed by atoms with Crippen LogP contribution in [0.15, 0.2) is 24.3 Å². The van der Waals surface area contributed by atoms with Crippen LogP contribution in [0.1, 0.15) is 30.4 Å². The van der Waals surface area contributed by atoms with Gasteiger partial charge in [-0.3, -0.25) is 9.69 Å². The maximum Gasteiger partial charge on any atom is 0.416 e. The van der Waals surface area contributed by atoms with E-state index in [-0.39, 0.29) is 11.8 Å². The molecule has 2 heterocycles. The van der Waals surface area contributed by atoms with Crippen molar-refractivity contribution in [3.8, 4) is 0 Å². The van der Waals surface area contributed by atoms with Gasteiger partial charge in [0.05, 0.1) is 11.7 Å². The molecule has 3 rings (SSSR count). The fraction of sp³-hybridized carbons (Fsp3) is 0.611. The van der Waals surface area contributed by atoms with Crippen LogP contribution in [0.2, 0.25) is 0 Å². The monoisotopic (exact) mass is 356 g/mol. The minimum absolute atomic E-state index is 0.0717. The molecule has 0 spiro atoms.